The lowest BCUT2D eigenvalue weighted by Gasteiger charge is -2.12. The van der Waals surface area contributed by atoms with Gasteiger partial charge in [-0.05, 0) is 18.9 Å². The van der Waals surface area contributed by atoms with Gasteiger partial charge in [0.25, 0.3) is 0 Å². The summed E-state index contributed by atoms with van der Waals surface area (Å²) >= 11 is 0. The van der Waals surface area contributed by atoms with Gasteiger partial charge in [-0.1, -0.05) is 12.8 Å². The van der Waals surface area contributed by atoms with Crippen molar-refractivity contribution in [3.63, 3.8) is 0 Å². The highest BCUT2D eigenvalue weighted by Crippen LogP contribution is 2.20. The smallest absolute Gasteiger partial charge is 0.240 e. The Morgan fingerprint density at radius 3 is 2.85 bits per heavy atom. The molecule has 0 saturated heterocycles. The molecule has 0 unspecified atom stereocenters. The highest BCUT2D eigenvalue weighted by molar-refractivity contribution is 7.89. The molecule has 0 aliphatic heterocycles. The average Bonchev–Trinajstić information content (AvgIpc) is 2.97. The fraction of sp³-hybridized carbons (Fsp3) is 0.615. The number of sulfonamides is 1. The molecule has 1 heterocycles. The lowest BCUT2D eigenvalue weighted by molar-refractivity contribution is 0.0626. The third kappa shape index (κ3) is 4.16. The van der Waals surface area contributed by atoms with E-state index in [-0.39, 0.29) is 11.4 Å². The number of anilines is 1. The van der Waals surface area contributed by atoms with Gasteiger partial charge < -0.3 is 10.1 Å². The Labute approximate surface area is 120 Å². The first-order chi connectivity index (χ1) is 9.62. The third-order valence-corrected chi connectivity index (χ3v) is 4.81. The molecule has 0 spiro atoms. The molecule has 0 radical (unpaired) electrons. The van der Waals surface area contributed by atoms with Crippen LogP contribution in [0.2, 0.25) is 0 Å². The third-order valence-electron chi connectivity index (χ3n) is 3.35. The van der Waals surface area contributed by atoms with Crippen molar-refractivity contribution >= 4 is 15.8 Å². The fourth-order valence-electron chi connectivity index (χ4n) is 2.26. The van der Waals surface area contributed by atoms with E-state index in [9.17, 15) is 8.42 Å². The molecule has 112 valence electrons. The van der Waals surface area contributed by atoms with Crippen LogP contribution in [0.4, 0.5) is 5.82 Å². The minimum Gasteiger partial charge on any atom is -0.377 e. The summed E-state index contributed by atoms with van der Waals surface area (Å²) in [5.74, 6) is 0.523. The van der Waals surface area contributed by atoms with Gasteiger partial charge in [0.15, 0.2) is 0 Å². The zero-order valence-corrected chi connectivity index (χ0v) is 12.4. The van der Waals surface area contributed by atoms with E-state index in [1.165, 1.54) is 31.2 Å². The molecule has 0 bridgehead atoms. The molecule has 2 N–H and O–H groups in total. The molecule has 2 rings (SSSR count). The minimum atomic E-state index is -3.50. The van der Waals surface area contributed by atoms with E-state index in [2.05, 4.69) is 15.0 Å². The Balaban J connectivity index is 1.83. The first kappa shape index (κ1) is 15.2. The zero-order valence-electron chi connectivity index (χ0n) is 11.6. The first-order valence-corrected chi connectivity index (χ1v) is 8.35. The van der Waals surface area contributed by atoms with Crippen LogP contribution in [0.25, 0.3) is 0 Å². The van der Waals surface area contributed by atoms with Gasteiger partial charge in [0.2, 0.25) is 10.0 Å². The number of nitrogens with zero attached hydrogens (tertiary/aromatic N) is 1. The Morgan fingerprint density at radius 2 is 2.15 bits per heavy atom. The molecule has 1 aromatic rings. The quantitative estimate of drug-likeness (QED) is 0.743. The van der Waals surface area contributed by atoms with E-state index >= 15 is 0 Å². The van der Waals surface area contributed by atoms with Crippen molar-refractivity contribution in [2.45, 2.75) is 36.7 Å². The molecule has 0 amide bonds. The van der Waals surface area contributed by atoms with Crippen molar-refractivity contribution in [1.82, 2.24) is 9.71 Å². The van der Waals surface area contributed by atoms with Gasteiger partial charge in [-0.15, -0.1) is 0 Å². The highest BCUT2D eigenvalue weighted by atomic mass is 32.2. The van der Waals surface area contributed by atoms with E-state index < -0.39 is 10.0 Å². The summed E-state index contributed by atoms with van der Waals surface area (Å²) in [6, 6.07) is 2.97. The minimum absolute atomic E-state index is 0.206. The van der Waals surface area contributed by atoms with Crippen LogP contribution < -0.4 is 10.0 Å². The van der Waals surface area contributed by atoms with Gasteiger partial charge in [-0.25, -0.2) is 18.1 Å². The molecule has 1 aromatic heterocycles. The first-order valence-electron chi connectivity index (χ1n) is 6.87. The average molecular weight is 299 g/mol. The normalized spacial score (nSPS) is 16.4. The summed E-state index contributed by atoms with van der Waals surface area (Å²) in [5, 5.41) is 2.82. The Hall–Kier alpha value is -1.18. The van der Waals surface area contributed by atoms with Crippen LogP contribution in [0.3, 0.4) is 0 Å². The van der Waals surface area contributed by atoms with Crippen LogP contribution in [-0.2, 0) is 14.8 Å². The van der Waals surface area contributed by atoms with Crippen LogP contribution in [0.5, 0.6) is 0 Å². The maximum atomic E-state index is 12.1. The van der Waals surface area contributed by atoms with Gasteiger partial charge in [0.05, 0.1) is 17.6 Å². The molecular weight excluding hydrogens is 278 g/mol. The SMILES string of the molecule is CNc1cc(S(=O)(=O)NCCOC2CCCC2)ccn1. The summed E-state index contributed by atoms with van der Waals surface area (Å²) in [6.45, 7) is 0.698. The molecule has 7 heteroatoms. The molecule has 1 saturated carbocycles. The summed E-state index contributed by atoms with van der Waals surface area (Å²) in [7, 11) is -1.80. The van der Waals surface area contributed by atoms with E-state index in [1.807, 2.05) is 0 Å². The Bertz CT molecular complexity index is 527. The van der Waals surface area contributed by atoms with Gasteiger partial charge >= 0.3 is 0 Å². The number of aromatic nitrogens is 1. The van der Waals surface area contributed by atoms with Crippen LogP contribution in [0.15, 0.2) is 23.2 Å². The summed E-state index contributed by atoms with van der Waals surface area (Å²) in [5.41, 5.74) is 0. The second-order valence-corrected chi connectivity index (χ2v) is 6.57. The maximum Gasteiger partial charge on any atom is 0.240 e. The largest absolute Gasteiger partial charge is 0.377 e. The summed E-state index contributed by atoms with van der Waals surface area (Å²) < 4.78 is 32.3. The maximum absolute atomic E-state index is 12.1. The number of nitrogens with one attached hydrogen (secondary N) is 2. The number of pyridine rings is 1. The topological polar surface area (TPSA) is 80.3 Å². The lowest BCUT2D eigenvalue weighted by Crippen LogP contribution is -2.28. The zero-order chi connectivity index (χ0) is 14.4. The Kier molecular flexibility index (Phi) is 5.33. The summed E-state index contributed by atoms with van der Waals surface area (Å²) in [6.07, 6.45) is 6.36. The van der Waals surface area contributed by atoms with Crippen LogP contribution in [0, 0.1) is 0 Å². The van der Waals surface area contributed by atoms with Gasteiger partial charge in [0, 0.05) is 25.9 Å². The van der Waals surface area contributed by atoms with Gasteiger partial charge in [0.1, 0.15) is 5.82 Å². The monoisotopic (exact) mass is 299 g/mol. The van der Waals surface area contributed by atoms with E-state index in [1.54, 1.807) is 7.05 Å². The van der Waals surface area contributed by atoms with E-state index in [0.29, 0.717) is 18.5 Å². The van der Waals surface area contributed by atoms with Crippen LogP contribution in [0.1, 0.15) is 25.7 Å². The Morgan fingerprint density at radius 1 is 1.40 bits per heavy atom. The molecule has 1 aliphatic carbocycles. The van der Waals surface area contributed by atoms with Crippen LogP contribution in [-0.4, -0.2) is 39.7 Å². The second-order valence-electron chi connectivity index (χ2n) is 4.80. The fourth-order valence-corrected chi connectivity index (χ4v) is 3.28. The van der Waals surface area contributed by atoms with Crippen molar-refractivity contribution in [3.05, 3.63) is 18.3 Å². The standard InChI is InChI=1S/C13H21N3O3S/c1-14-13-10-12(6-7-15-13)20(17,18)16-8-9-19-11-4-2-3-5-11/h6-7,10-11,16H,2-5,8-9H2,1H3,(H,14,15). The van der Waals surface area contributed by atoms with Crippen molar-refractivity contribution in [1.29, 1.82) is 0 Å². The number of hydrogen-bond donors (Lipinski definition) is 2. The highest BCUT2D eigenvalue weighted by Gasteiger charge is 2.17. The summed E-state index contributed by atoms with van der Waals surface area (Å²) in [4.78, 5) is 4.20. The lowest BCUT2D eigenvalue weighted by atomic mass is 10.3. The van der Waals surface area contributed by atoms with E-state index in [0.717, 1.165) is 12.8 Å². The van der Waals surface area contributed by atoms with Crippen molar-refractivity contribution in [3.8, 4) is 0 Å². The van der Waals surface area contributed by atoms with Crippen LogP contribution >= 0.6 is 0 Å². The second kappa shape index (κ2) is 7.01. The number of hydrogen-bond acceptors (Lipinski definition) is 5. The molecule has 20 heavy (non-hydrogen) atoms. The number of rotatable bonds is 7. The van der Waals surface area contributed by atoms with Gasteiger partial charge in [-0.2, -0.15) is 0 Å². The predicted octanol–water partition coefficient (Wildman–Crippen LogP) is 1.36. The predicted molar refractivity (Wildman–Crippen MR) is 77.2 cm³/mol. The molecule has 0 aromatic carbocycles. The molecule has 1 fully saturated rings. The molecule has 6 nitrogen and oxygen atoms in total. The molecule has 0 atom stereocenters. The number of ether oxygens (including phenoxy) is 1. The van der Waals surface area contributed by atoms with Gasteiger partial charge in [-0.3, -0.25) is 0 Å². The van der Waals surface area contributed by atoms with Crippen molar-refractivity contribution < 1.29 is 13.2 Å². The molecule has 1 aliphatic rings. The van der Waals surface area contributed by atoms with E-state index in [4.69, 9.17) is 4.74 Å². The van der Waals surface area contributed by atoms with Crippen molar-refractivity contribution in [2.75, 3.05) is 25.5 Å². The van der Waals surface area contributed by atoms with Crippen molar-refractivity contribution in [2.24, 2.45) is 0 Å². The molecular formula is C13H21N3O3S.